The number of pyridine rings is 1. The van der Waals surface area contributed by atoms with Gasteiger partial charge < -0.3 is 19.4 Å². The molecule has 0 bridgehead atoms. The Bertz CT molecular complexity index is 3050. The van der Waals surface area contributed by atoms with Crippen molar-refractivity contribution in [3.63, 3.8) is 0 Å². The topological polar surface area (TPSA) is 31.8 Å². The van der Waals surface area contributed by atoms with Gasteiger partial charge in [0.2, 0.25) is 0 Å². The number of aromatic nitrogens is 1. The fraction of sp³-hybridized carbons (Fsp3) is 0.200. The largest absolute Gasteiger partial charge is 0.509 e. The van der Waals surface area contributed by atoms with Gasteiger partial charge in [-0.25, -0.2) is 4.98 Å². The summed E-state index contributed by atoms with van der Waals surface area (Å²) < 4.78 is 6.79. The summed E-state index contributed by atoms with van der Waals surface area (Å²) in [5.41, 5.74) is 16.5. The third-order valence-corrected chi connectivity index (χ3v) is 12.6. The molecule has 0 radical (unpaired) electrons. The Hall–Kier alpha value is -6.42. The van der Waals surface area contributed by atoms with Gasteiger partial charge in [0.25, 0.3) is 0 Å². The number of anilines is 7. The fourth-order valence-electron chi connectivity index (χ4n) is 9.20. The second-order valence-electron chi connectivity index (χ2n) is 20.3. The third kappa shape index (κ3) is 8.24. The zero-order valence-electron chi connectivity index (χ0n) is 39.2. The van der Waals surface area contributed by atoms with Crippen molar-refractivity contribution in [2.24, 2.45) is 0 Å². The molecule has 2 aliphatic heterocycles. The van der Waals surface area contributed by atoms with Crippen molar-refractivity contribution < 1.29 is 25.8 Å². The molecule has 0 fully saturated rings. The van der Waals surface area contributed by atoms with E-state index in [2.05, 4.69) is 235 Å². The summed E-state index contributed by atoms with van der Waals surface area (Å²) in [4.78, 5) is 11.9. The minimum Gasteiger partial charge on any atom is -0.509 e. The predicted molar refractivity (Wildman–Crippen MR) is 271 cm³/mol. The maximum atomic E-state index is 6.79. The van der Waals surface area contributed by atoms with Crippen LogP contribution in [0.25, 0.3) is 33.4 Å². The van der Waals surface area contributed by atoms with Gasteiger partial charge in [-0.15, -0.1) is 48.3 Å². The quantitative estimate of drug-likeness (QED) is 0.155. The first-order valence-electron chi connectivity index (χ1n) is 22.6. The van der Waals surface area contributed by atoms with Gasteiger partial charge in [-0.2, -0.15) is 12.1 Å². The third-order valence-electron chi connectivity index (χ3n) is 12.6. The van der Waals surface area contributed by atoms with Crippen molar-refractivity contribution in [1.29, 1.82) is 0 Å². The van der Waals surface area contributed by atoms with Crippen molar-refractivity contribution in [2.75, 3.05) is 14.7 Å². The second-order valence-corrected chi connectivity index (χ2v) is 20.3. The molecular formula is C60H55N4OPt-3. The molecule has 3 heterocycles. The van der Waals surface area contributed by atoms with E-state index in [1.54, 1.807) is 0 Å². The van der Waals surface area contributed by atoms with E-state index < -0.39 is 0 Å². The minimum absolute atomic E-state index is 0. The molecule has 5 nitrogen and oxygen atoms in total. The average molecular weight is 1040 g/mol. The summed E-state index contributed by atoms with van der Waals surface area (Å²) >= 11 is 0. The van der Waals surface area contributed by atoms with Gasteiger partial charge in [-0.1, -0.05) is 158 Å². The first kappa shape index (κ1) is 44.8. The van der Waals surface area contributed by atoms with Crippen LogP contribution in [0.2, 0.25) is 0 Å². The summed E-state index contributed by atoms with van der Waals surface area (Å²) in [6, 6.07) is 63.3. The monoisotopic (exact) mass is 1040 g/mol. The first-order valence-corrected chi connectivity index (χ1v) is 22.6. The normalized spacial score (nSPS) is 13.3. The molecule has 0 aliphatic carbocycles. The van der Waals surface area contributed by atoms with Gasteiger partial charge >= 0.3 is 0 Å². The van der Waals surface area contributed by atoms with Crippen LogP contribution in [-0.4, -0.2) is 4.98 Å². The smallest absolute Gasteiger partial charge is 0.135 e. The molecule has 0 spiro atoms. The molecule has 6 heteroatoms. The van der Waals surface area contributed by atoms with E-state index in [1.165, 1.54) is 33.5 Å². The summed E-state index contributed by atoms with van der Waals surface area (Å²) in [7, 11) is 0. The first-order chi connectivity index (χ1) is 31.1. The van der Waals surface area contributed by atoms with Crippen molar-refractivity contribution >= 4 is 39.9 Å². The van der Waals surface area contributed by atoms with Crippen molar-refractivity contribution in [2.45, 2.75) is 78.6 Å². The standard InChI is InChI=1S/C60H55N4O.Pt/c1-58(2,3)42-32-33-61-56(36-42)64-52-27-16-15-26-48(52)46-24-13-14-25-47(46)49-31-30-45(38-55(49)64)65-44-23-19-22-43(37-44)62-39-63(54-29-18-17-28-53(54)62)57-50(59(4,5)6)34-41(35-51(57)60(7,8)9)40-20-11-10-12-21-40;/h10-36,39H,1-9H3;/q-3;. The number of fused-ring (bicyclic) bond motifs is 6. The van der Waals surface area contributed by atoms with E-state index >= 15 is 0 Å². The molecule has 0 unspecified atom stereocenters. The maximum absolute atomic E-state index is 6.79. The zero-order valence-corrected chi connectivity index (χ0v) is 41.5. The number of rotatable bonds is 6. The Morgan fingerprint density at radius 3 is 1.71 bits per heavy atom. The number of nitrogens with zero attached hydrogens (tertiary/aromatic N) is 4. The average Bonchev–Trinajstić information content (AvgIpc) is 3.63. The van der Waals surface area contributed by atoms with E-state index in [1.807, 2.05) is 24.4 Å². The number of hydrogen-bond acceptors (Lipinski definition) is 5. The van der Waals surface area contributed by atoms with Gasteiger partial charge in [0.1, 0.15) is 5.82 Å². The predicted octanol–water partition coefficient (Wildman–Crippen LogP) is 16.6. The molecule has 7 aromatic carbocycles. The molecule has 334 valence electrons. The van der Waals surface area contributed by atoms with Crippen LogP contribution in [0.5, 0.6) is 11.5 Å². The van der Waals surface area contributed by atoms with Gasteiger partial charge in [-0.3, -0.25) is 0 Å². The summed E-state index contributed by atoms with van der Waals surface area (Å²) in [6.45, 7) is 22.8. The molecule has 0 saturated carbocycles. The van der Waals surface area contributed by atoms with Crippen LogP contribution in [0, 0.1) is 18.8 Å². The van der Waals surface area contributed by atoms with Crippen LogP contribution < -0.4 is 19.4 Å². The minimum atomic E-state index is -0.147. The van der Waals surface area contributed by atoms with Crippen LogP contribution in [0.3, 0.4) is 0 Å². The second kappa shape index (κ2) is 17.1. The Labute approximate surface area is 406 Å². The van der Waals surface area contributed by atoms with Crippen LogP contribution >= 0.6 is 0 Å². The molecule has 1 aromatic heterocycles. The Morgan fingerprint density at radius 1 is 0.485 bits per heavy atom. The van der Waals surface area contributed by atoms with Crippen LogP contribution in [-0.2, 0) is 37.3 Å². The number of benzene rings is 7. The number of para-hydroxylation sites is 3. The van der Waals surface area contributed by atoms with E-state index in [4.69, 9.17) is 9.72 Å². The van der Waals surface area contributed by atoms with Gasteiger partial charge in [-0.05, 0) is 92.1 Å². The van der Waals surface area contributed by atoms with Gasteiger partial charge in [0.15, 0.2) is 0 Å². The number of hydrogen-bond donors (Lipinski definition) is 0. The van der Waals surface area contributed by atoms with E-state index in [9.17, 15) is 0 Å². The summed E-state index contributed by atoms with van der Waals surface area (Å²) in [5.74, 6) is 2.00. The van der Waals surface area contributed by atoms with E-state index in [-0.39, 0.29) is 37.3 Å². The summed E-state index contributed by atoms with van der Waals surface area (Å²) in [6.07, 6.45) is 1.92. The molecule has 66 heavy (non-hydrogen) atoms. The Morgan fingerprint density at radius 2 is 1.06 bits per heavy atom. The fourth-order valence-corrected chi connectivity index (χ4v) is 9.20. The Balaban J connectivity index is 0.00000548. The van der Waals surface area contributed by atoms with Crippen LogP contribution in [0.4, 0.5) is 39.9 Å². The van der Waals surface area contributed by atoms with Crippen LogP contribution in [0.15, 0.2) is 164 Å². The molecule has 0 saturated heterocycles. The van der Waals surface area contributed by atoms with Gasteiger partial charge in [0.05, 0.1) is 5.69 Å². The molecule has 2 aliphatic rings. The van der Waals surface area contributed by atoms with Gasteiger partial charge in [0, 0.05) is 61.4 Å². The van der Waals surface area contributed by atoms with Crippen molar-refractivity contribution in [1.82, 2.24) is 4.98 Å². The molecular weight excluding hydrogens is 988 g/mol. The SMILES string of the molecule is CC(C)(C)c1ccnc(N2c3[c-]c(Oc4[c-]c(N5[CH-]N(c6c(C(C)(C)C)cc(-c7ccccc7)cc6C(C)(C)C)c6ccccc65)ccc4)ccc3-c3ccccc3-c3ccccc32)c1.[Pt]. The van der Waals surface area contributed by atoms with E-state index in [0.29, 0.717) is 11.5 Å². The molecule has 0 amide bonds. The van der Waals surface area contributed by atoms with E-state index in [0.717, 1.165) is 56.5 Å². The van der Waals surface area contributed by atoms with Crippen LogP contribution in [0.1, 0.15) is 79.0 Å². The van der Waals surface area contributed by atoms with Crippen molar-refractivity contribution in [3.05, 3.63) is 199 Å². The number of ether oxygens (including phenoxy) is 1. The molecule has 8 aromatic rings. The molecule has 0 atom stereocenters. The maximum Gasteiger partial charge on any atom is 0.135 e. The summed E-state index contributed by atoms with van der Waals surface area (Å²) in [5, 5.41) is 0. The zero-order chi connectivity index (χ0) is 45.3. The Kier molecular flexibility index (Phi) is 11.6. The molecule has 0 N–H and O–H groups in total. The van der Waals surface area contributed by atoms with Crippen molar-refractivity contribution in [3.8, 4) is 44.9 Å². The molecule has 10 rings (SSSR count).